The van der Waals surface area contributed by atoms with Gasteiger partial charge in [-0.05, 0) is 36.8 Å². The number of para-hydroxylation sites is 2. The Balaban J connectivity index is 0.000000758. The minimum atomic E-state index is -0.556. The molecular weight excluding hydrogens is 420 g/mol. The first-order chi connectivity index (χ1) is 12.6. The first-order valence-corrected chi connectivity index (χ1v) is 13.3. The van der Waals surface area contributed by atoms with Crippen LogP contribution in [0, 0.1) is 6.92 Å². The SMILES string of the molecule is Cc1cccc(N(C)c2ccccc2)c1Pc1ccccc1O.[Cl][Ti][Cl]. The first-order valence-electron chi connectivity index (χ1n) is 7.98. The number of nitrogens with zero attached hydrogens (tertiary/aromatic N) is 1. The molecule has 0 saturated carbocycles. The van der Waals surface area contributed by atoms with Gasteiger partial charge in [-0.3, -0.25) is 0 Å². The average Bonchev–Trinajstić information content (AvgIpc) is 2.66. The number of aromatic hydroxyl groups is 1. The van der Waals surface area contributed by atoms with Crippen LogP contribution in [-0.4, -0.2) is 12.2 Å². The summed E-state index contributed by atoms with van der Waals surface area (Å²) in [5.74, 6) is 0.363. The molecule has 1 N–H and O–H groups in total. The van der Waals surface area contributed by atoms with E-state index >= 15 is 0 Å². The molecule has 1 atom stereocenters. The molecule has 0 saturated heterocycles. The summed E-state index contributed by atoms with van der Waals surface area (Å²) in [6.07, 6.45) is 0. The van der Waals surface area contributed by atoms with Crippen LogP contribution in [0.15, 0.2) is 72.8 Å². The van der Waals surface area contributed by atoms with E-state index in [0.29, 0.717) is 14.3 Å². The standard InChI is InChI=1S/C20H20NOP.2ClH.Ti/c1-15-9-8-12-17(21(2)16-10-4-3-5-11-16)20(15)23-19-14-7-6-13-18(19)22;;;/h3-14,22-23H,1-2H3;2*1H;/q;;;+2/p-2. The van der Waals surface area contributed by atoms with Gasteiger partial charge in [-0.15, -0.1) is 0 Å². The van der Waals surface area contributed by atoms with Gasteiger partial charge in [-0.2, -0.15) is 0 Å². The van der Waals surface area contributed by atoms with Crippen molar-refractivity contribution in [1.29, 1.82) is 0 Å². The second-order valence-electron chi connectivity index (χ2n) is 5.58. The van der Waals surface area contributed by atoms with Gasteiger partial charge in [0.15, 0.2) is 0 Å². The normalized spacial score (nSPS) is 10.3. The molecule has 3 aromatic carbocycles. The van der Waals surface area contributed by atoms with Gasteiger partial charge in [0, 0.05) is 29.0 Å². The van der Waals surface area contributed by atoms with Crippen molar-refractivity contribution in [3.63, 3.8) is 0 Å². The zero-order chi connectivity index (χ0) is 18.9. The molecule has 26 heavy (non-hydrogen) atoms. The van der Waals surface area contributed by atoms with Gasteiger partial charge in [-0.25, -0.2) is 0 Å². The fraction of sp³-hybridized carbons (Fsp3) is 0.100. The molecule has 0 spiro atoms. The molecule has 0 radical (unpaired) electrons. The van der Waals surface area contributed by atoms with Crippen molar-refractivity contribution in [3.05, 3.63) is 78.4 Å². The zero-order valence-corrected chi connectivity index (χ0v) is 18.7. The van der Waals surface area contributed by atoms with Crippen molar-refractivity contribution in [2.45, 2.75) is 6.92 Å². The number of benzene rings is 3. The molecule has 0 aliphatic rings. The van der Waals surface area contributed by atoms with E-state index in [0.717, 1.165) is 11.0 Å². The maximum absolute atomic E-state index is 10.1. The van der Waals surface area contributed by atoms with Gasteiger partial charge in [0.25, 0.3) is 0 Å². The Hall–Kier alpha value is -1.02. The van der Waals surface area contributed by atoms with E-state index in [2.05, 4.69) is 49.2 Å². The number of hydrogen-bond acceptors (Lipinski definition) is 2. The molecule has 134 valence electrons. The van der Waals surface area contributed by atoms with Crippen LogP contribution in [-0.2, 0) is 17.0 Å². The Labute approximate surface area is 173 Å². The summed E-state index contributed by atoms with van der Waals surface area (Å²) in [6.45, 7) is 2.13. The van der Waals surface area contributed by atoms with E-state index in [1.165, 1.54) is 16.6 Å². The summed E-state index contributed by atoms with van der Waals surface area (Å²) in [5.41, 5.74) is 3.58. The van der Waals surface area contributed by atoms with E-state index in [1.54, 1.807) is 6.07 Å². The number of rotatable bonds is 4. The second kappa shape index (κ2) is 11.0. The molecule has 6 heteroatoms. The number of aryl methyl sites for hydroxylation is 1. The molecule has 0 aromatic heterocycles. The summed E-state index contributed by atoms with van der Waals surface area (Å²) in [4.78, 5) is 2.20. The van der Waals surface area contributed by atoms with E-state index in [9.17, 15) is 5.11 Å². The maximum atomic E-state index is 10.1. The van der Waals surface area contributed by atoms with Gasteiger partial charge in [0.2, 0.25) is 0 Å². The van der Waals surface area contributed by atoms with Crippen LogP contribution in [0.3, 0.4) is 0 Å². The number of halogens is 2. The summed E-state index contributed by atoms with van der Waals surface area (Å²) >= 11 is -0.556. The number of anilines is 2. The fourth-order valence-electron chi connectivity index (χ4n) is 2.60. The van der Waals surface area contributed by atoms with Crippen molar-refractivity contribution < 1.29 is 22.1 Å². The van der Waals surface area contributed by atoms with Crippen molar-refractivity contribution in [2.24, 2.45) is 0 Å². The molecule has 3 aromatic rings. The quantitative estimate of drug-likeness (QED) is 0.430. The Morgan fingerprint density at radius 1 is 0.885 bits per heavy atom. The number of hydrogen-bond donors (Lipinski definition) is 1. The van der Waals surface area contributed by atoms with E-state index in [4.69, 9.17) is 18.6 Å². The topological polar surface area (TPSA) is 23.5 Å². The van der Waals surface area contributed by atoms with Gasteiger partial charge in [0.1, 0.15) is 5.75 Å². The Bertz CT molecular complexity index is 833. The Morgan fingerprint density at radius 2 is 1.50 bits per heavy atom. The fourth-order valence-corrected chi connectivity index (χ4v) is 3.92. The first kappa shape index (κ1) is 21.3. The summed E-state index contributed by atoms with van der Waals surface area (Å²) in [5, 5.41) is 12.3. The van der Waals surface area contributed by atoms with E-state index in [1.807, 2.05) is 36.4 Å². The third kappa shape index (κ3) is 5.74. The van der Waals surface area contributed by atoms with Crippen molar-refractivity contribution in [1.82, 2.24) is 0 Å². The van der Waals surface area contributed by atoms with Crippen molar-refractivity contribution >= 4 is 49.2 Å². The van der Waals surface area contributed by atoms with E-state index in [-0.39, 0.29) is 0 Å². The summed E-state index contributed by atoms with van der Waals surface area (Å²) in [7, 11) is 12.3. The predicted molar refractivity (Wildman–Crippen MR) is 113 cm³/mol. The predicted octanol–water partition coefficient (Wildman–Crippen LogP) is 5.47. The summed E-state index contributed by atoms with van der Waals surface area (Å²) < 4.78 is 0. The molecule has 0 aliphatic carbocycles. The molecule has 0 heterocycles. The van der Waals surface area contributed by atoms with Crippen molar-refractivity contribution in [3.8, 4) is 5.75 Å². The number of phenolic OH excluding ortho intramolecular Hbond substituents is 1. The van der Waals surface area contributed by atoms with Gasteiger partial charge < -0.3 is 10.0 Å². The molecule has 0 aliphatic heterocycles. The van der Waals surface area contributed by atoms with Crippen LogP contribution in [0.4, 0.5) is 11.4 Å². The Morgan fingerprint density at radius 3 is 2.15 bits per heavy atom. The van der Waals surface area contributed by atoms with Crippen LogP contribution >= 0.6 is 27.2 Å². The molecule has 0 fully saturated rings. The Kier molecular flexibility index (Phi) is 8.98. The molecule has 1 unspecified atom stereocenters. The summed E-state index contributed by atoms with van der Waals surface area (Å²) in [6, 6.07) is 24.3. The molecule has 2 nitrogen and oxygen atoms in total. The molecular formula is C20H20Cl2NOPTi. The van der Waals surface area contributed by atoms with Crippen LogP contribution in [0.25, 0.3) is 0 Å². The number of phenols is 1. The third-order valence-corrected chi connectivity index (χ3v) is 5.51. The van der Waals surface area contributed by atoms with Crippen LogP contribution in [0.5, 0.6) is 5.75 Å². The zero-order valence-electron chi connectivity index (χ0n) is 14.6. The van der Waals surface area contributed by atoms with Crippen LogP contribution in [0.1, 0.15) is 5.56 Å². The van der Waals surface area contributed by atoms with Gasteiger partial charge >= 0.3 is 35.6 Å². The third-order valence-electron chi connectivity index (χ3n) is 3.92. The molecule has 0 amide bonds. The molecule has 0 bridgehead atoms. The van der Waals surface area contributed by atoms with Crippen LogP contribution < -0.4 is 15.5 Å². The second-order valence-corrected chi connectivity index (χ2v) is 9.44. The van der Waals surface area contributed by atoms with Gasteiger partial charge in [0.05, 0.1) is 0 Å². The van der Waals surface area contributed by atoms with Crippen molar-refractivity contribution in [2.75, 3.05) is 11.9 Å². The average molecular weight is 440 g/mol. The minimum absolute atomic E-state index is 0.363. The van der Waals surface area contributed by atoms with Gasteiger partial charge in [-0.1, -0.05) is 57.1 Å². The van der Waals surface area contributed by atoms with E-state index < -0.39 is 17.0 Å². The monoisotopic (exact) mass is 439 g/mol. The van der Waals surface area contributed by atoms with Crippen LogP contribution in [0.2, 0.25) is 0 Å². The molecule has 3 rings (SSSR count).